The number of anilines is 1. The molecule has 3 rings (SSSR count). The van der Waals surface area contributed by atoms with E-state index in [1.165, 1.54) is 0 Å². The number of nitrogen functional groups attached to an aromatic ring is 1. The van der Waals surface area contributed by atoms with Crippen LogP contribution in [0.25, 0.3) is 21.3 Å². The van der Waals surface area contributed by atoms with Crippen LogP contribution < -0.4 is 11.5 Å². The molecule has 130 valence electrons. The van der Waals surface area contributed by atoms with Gasteiger partial charge in [-0.25, -0.2) is 4.98 Å². The second-order valence-electron chi connectivity index (χ2n) is 5.74. The predicted octanol–water partition coefficient (Wildman–Crippen LogP) is 4.28. The Morgan fingerprint density at radius 1 is 1.16 bits per heavy atom. The van der Waals surface area contributed by atoms with Gasteiger partial charge in [0.15, 0.2) is 0 Å². The molecule has 0 spiro atoms. The summed E-state index contributed by atoms with van der Waals surface area (Å²) in [4.78, 5) is 15.2. The number of carbonyl (C=O) groups is 1. The van der Waals surface area contributed by atoms with Gasteiger partial charge in [-0.05, 0) is 42.2 Å². The zero-order chi connectivity index (χ0) is 18.5. The van der Waals surface area contributed by atoms with Crippen LogP contribution in [-0.4, -0.2) is 10.9 Å². The number of pyridine rings is 1. The molecule has 0 aliphatic carbocycles. The van der Waals surface area contributed by atoms with Crippen molar-refractivity contribution in [3.63, 3.8) is 0 Å². The number of thiophene rings is 1. The van der Waals surface area contributed by atoms with Gasteiger partial charge in [0.2, 0.25) is 0 Å². The first-order chi connectivity index (χ1) is 11.6. The average Bonchev–Trinajstić information content (AvgIpc) is 2.86. The fraction of sp³-hybridized carbons (Fsp3) is 0.176. The lowest BCUT2D eigenvalue weighted by atomic mass is 9.97. The number of alkyl halides is 3. The molecule has 1 amide bonds. The lowest BCUT2D eigenvalue weighted by molar-refractivity contribution is -0.140. The van der Waals surface area contributed by atoms with Crippen LogP contribution in [0.3, 0.4) is 0 Å². The Hall–Kier alpha value is -2.61. The summed E-state index contributed by atoms with van der Waals surface area (Å²) in [5, 5.41) is 0.315. The molecule has 4 nitrogen and oxygen atoms in total. The van der Waals surface area contributed by atoms with Crippen molar-refractivity contribution in [2.24, 2.45) is 5.73 Å². The van der Waals surface area contributed by atoms with Gasteiger partial charge in [0.1, 0.15) is 15.4 Å². The highest BCUT2D eigenvalue weighted by Crippen LogP contribution is 2.42. The first-order valence-electron chi connectivity index (χ1n) is 7.27. The van der Waals surface area contributed by atoms with Crippen LogP contribution in [0.15, 0.2) is 24.3 Å². The molecule has 2 heterocycles. The van der Waals surface area contributed by atoms with Crippen LogP contribution in [0.5, 0.6) is 0 Å². The third-order valence-corrected chi connectivity index (χ3v) is 5.15. The number of primary amides is 1. The lowest BCUT2D eigenvalue weighted by Gasteiger charge is -2.12. The number of rotatable bonds is 2. The maximum absolute atomic E-state index is 13.2. The van der Waals surface area contributed by atoms with E-state index >= 15 is 0 Å². The van der Waals surface area contributed by atoms with Crippen molar-refractivity contribution in [2.75, 3.05) is 5.73 Å². The van der Waals surface area contributed by atoms with Crippen LogP contribution in [0.1, 0.15) is 26.5 Å². The third-order valence-electron chi connectivity index (χ3n) is 4.03. The molecule has 0 aliphatic rings. The Morgan fingerprint density at radius 2 is 1.84 bits per heavy atom. The summed E-state index contributed by atoms with van der Waals surface area (Å²) in [6.07, 6.45) is -4.62. The Bertz CT molecular complexity index is 1010. The number of nitrogens with zero attached hydrogens (tertiary/aromatic N) is 1. The Balaban J connectivity index is 2.41. The molecule has 0 fully saturated rings. The number of hydrogen-bond donors (Lipinski definition) is 2. The Labute approximate surface area is 145 Å². The highest BCUT2D eigenvalue weighted by Gasteiger charge is 2.34. The molecule has 4 N–H and O–H groups in total. The maximum atomic E-state index is 13.2. The fourth-order valence-electron chi connectivity index (χ4n) is 2.59. The molecule has 0 saturated carbocycles. The number of aromatic nitrogens is 1. The second kappa shape index (κ2) is 5.73. The molecule has 0 unspecified atom stereocenters. The summed E-state index contributed by atoms with van der Waals surface area (Å²) in [7, 11) is 0. The number of carbonyl (C=O) groups excluding carboxylic acids is 1. The SMILES string of the molecule is Cc1ccc(-c2cc(C(F)(F)F)nc3sc(C(N)=O)c(N)c23)cc1C. The van der Waals surface area contributed by atoms with E-state index < -0.39 is 17.8 Å². The zero-order valence-electron chi connectivity index (χ0n) is 13.4. The molecular weight excluding hydrogens is 351 g/mol. The van der Waals surface area contributed by atoms with Crippen molar-refractivity contribution in [3.05, 3.63) is 46.0 Å². The minimum atomic E-state index is -4.62. The molecule has 25 heavy (non-hydrogen) atoms. The minimum absolute atomic E-state index is 0.00640. The molecule has 8 heteroatoms. The average molecular weight is 365 g/mol. The lowest BCUT2D eigenvalue weighted by Crippen LogP contribution is -2.10. The second-order valence-corrected chi connectivity index (χ2v) is 6.74. The van der Waals surface area contributed by atoms with E-state index in [0.717, 1.165) is 28.5 Å². The topological polar surface area (TPSA) is 82.0 Å². The first kappa shape index (κ1) is 17.2. The van der Waals surface area contributed by atoms with Crippen LogP contribution in [-0.2, 0) is 6.18 Å². The number of hydrogen-bond acceptors (Lipinski definition) is 4. The van der Waals surface area contributed by atoms with Crippen molar-refractivity contribution >= 4 is 33.1 Å². The van der Waals surface area contributed by atoms with E-state index in [4.69, 9.17) is 11.5 Å². The zero-order valence-corrected chi connectivity index (χ0v) is 14.2. The molecule has 0 radical (unpaired) electrons. The first-order valence-corrected chi connectivity index (χ1v) is 8.09. The summed E-state index contributed by atoms with van der Waals surface area (Å²) >= 11 is 0.768. The van der Waals surface area contributed by atoms with Gasteiger partial charge in [0.25, 0.3) is 5.91 Å². The standard InChI is InChI=1S/C17H14F3N3OS/c1-7-3-4-9(5-8(7)2)10-6-11(17(18,19)20)23-16-12(10)13(21)14(25-16)15(22)24/h3-6H,21H2,1-2H3,(H2,22,24). The predicted molar refractivity (Wildman–Crippen MR) is 92.5 cm³/mol. The van der Waals surface area contributed by atoms with Gasteiger partial charge in [-0.15, -0.1) is 11.3 Å². The highest BCUT2D eigenvalue weighted by molar-refractivity contribution is 7.21. The summed E-state index contributed by atoms with van der Waals surface area (Å²) in [6, 6.07) is 6.28. The summed E-state index contributed by atoms with van der Waals surface area (Å²) in [5.74, 6) is -0.792. The van der Waals surface area contributed by atoms with Crippen molar-refractivity contribution < 1.29 is 18.0 Å². The number of fused-ring (bicyclic) bond motifs is 1. The Kier molecular flexibility index (Phi) is 3.95. The van der Waals surface area contributed by atoms with Gasteiger partial charge >= 0.3 is 6.18 Å². The molecule has 0 aliphatic heterocycles. The third kappa shape index (κ3) is 2.93. The number of aryl methyl sites for hydroxylation is 2. The van der Waals surface area contributed by atoms with Gasteiger partial charge in [0, 0.05) is 5.39 Å². The minimum Gasteiger partial charge on any atom is -0.397 e. The van der Waals surface area contributed by atoms with Gasteiger partial charge in [-0.1, -0.05) is 18.2 Å². The largest absolute Gasteiger partial charge is 0.433 e. The monoisotopic (exact) mass is 365 g/mol. The van der Waals surface area contributed by atoms with E-state index in [1.807, 2.05) is 19.9 Å². The molecule has 0 atom stereocenters. The normalized spacial score (nSPS) is 11.9. The molecule has 0 bridgehead atoms. The van der Waals surface area contributed by atoms with Gasteiger partial charge in [-0.3, -0.25) is 4.79 Å². The van der Waals surface area contributed by atoms with Gasteiger partial charge in [0.05, 0.1) is 5.69 Å². The van der Waals surface area contributed by atoms with Crippen molar-refractivity contribution in [1.82, 2.24) is 4.98 Å². The van der Waals surface area contributed by atoms with Gasteiger partial charge in [-0.2, -0.15) is 13.2 Å². The van der Waals surface area contributed by atoms with Crippen molar-refractivity contribution in [3.8, 4) is 11.1 Å². The molecule has 2 aromatic heterocycles. The molecule has 0 saturated heterocycles. The highest BCUT2D eigenvalue weighted by atomic mass is 32.1. The van der Waals surface area contributed by atoms with Crippen molar-refractivity contribution in [1.29, 1.82) is 0 Å². The number of halogens is 3. The molecule has 3 aromatic rings. The summed E-state index contributed by atoms with van der Waals surface area (Å²) in [5.41, 5.74) is 13.1. The fourth-order valence-corrected chi connectivity index (χ4v) is 3.56. The number of benzene rings is 1. The molecular formula is C17H14F3N3OS. The van der Waals surface area contributed by atoms with Crippen molar-refractivity contribution in [2.45, 2.75) is 20.0 Å². The summed E-state index contributed by atoms with van der Waals surface area (Å²) in [6.45, 7) is 3.78. The quantitative estimate of drug-likeness (QED) is 0.711. The van der Waals surface area contributed by atoms with E-state index in [0.29, 0.717) is 10.9 Å². The van der Waals surface area contributed by atoms with Crippen LogP contribution in [0, 0.1) is 13.8 Å². The number of amides is 1. The van der Waals surface area contributed by atoms with Crippen LogP contribution in [0.4, 0.5) is 18.9 Å². The summed E-state index contributed by atoms with van der Waals surface area (Å²) < 4.78 is 39.7. The van der Waals surface area contributed by atoms with E-state index in [2.05, 4.69) is 4.98 Å². The maximum Gasteiger partial charge on any atom is 0.433 e. The van der Waals surface area contributed by atoms with Crippen LogP contribution >= 0.6 is 11.3 Å². The van der Waals surface area contributed by atoms with Crippen LogP contribution in [0.2, 0.25) is 0 Å². The van der Waals surface area contributed by atoms with Gasteiger partial charge < -0.3 is 11.5 Å². The smallest absolute Gasteiger partial charge is 0.397 e. The Morgan fingerprint density at radius 3 is 2.40 bits per heavy atom. The number of nitrogens with two attached hydrogens (primary N) is 2. The van der Waals surface area contributed by atoms with E-state index in [9.17, 15) is 18.0 Å². The van der Waals surface area contributed by atoms with E-state index in [1.54, 1.807) is 12.1 Å². The molecule has 1 aromatic carbocycles. The van der Waals surface area contributed by atoms with E-state index in [-0.39, 0.29) is 21.0 Å².